The van der Waals surface area contributed by atoms with Gasteiger partial charge in [-0.25, -0.2) is 9.37 Å². The summed E-state index contributed by atoms with van der Waals surface area (Å²) >= 11 is 0. The Hall–Kier alpha value is -1.68. The van der Waals surface area contributed by atoms with Crippen molar-refractivity contribution in [1.29, 1.82) is 0 Å². The minimum atomic E-state index is -0.211. The molecule has 2 rings (SSSR count). The number of rotatable bonds is 4. The van der Waals surface area contributed by atoms with Gasteiger partial charge in [-0.3, -0.25) is 0 Å². The minimum Gasteiger partial charge on any atom is -0.349 e. The van der Waals surface area contributed by atoms with Crippen LogP contribution in [0.15, 0.2) is 36.7 Å². The summed E-state index contributed by atoms with van der Waals surface area (Å²) in [6.07, 6.45) is 4.22. The Balaban J connectivity index is 2.16. The topological polar surface area (TPSA) is 40.7 Å². The zero-order valence-electron chi connectivity index (χ0n) is 9.07. The summed E-state index contributed by atoms with van der Waals surface area (Å²) in [5, 5.41) is 3.16. The van der Waals surface area contributed by atoms with E-state index in [0.717, 1.165) is 11.4 Å². The highest BCUT2D eigenvalue weighted by Gasteiger charge is 2.11. The van der Waals surface area contributed by atoms with Crippen molar-refractivity contribution >= 4 is 0 Å². The summed E-state index contributed by atoms with van der Waals surface area (Å²) in [5.74, 6) is 0.681. The Morgan fingerprint density at radius 2 is 2.38 bits per heavy atom. The van der Waals surface area contributed by atoms with E-state index in [4.69, 9.17) is 0 Å². The molecule has 0 aliphatic carbocycles. The van der Waals surface area contributed by atoms with Gasteiger partial charge in [-0.1, -0.05) is 12.1 Å². The number of hydrogen-bond acceptors (Lipinski definition) is 2. The van der Waals surface area contributed by atoms with E-state index < -0.39 is 0 Å². The van der Waals surface area contributed by atoms with E-state index in [1.807, 2.05) is 13.1 Å². The van der Waals surface area contributed by atoms with E-state index >= 15 is 0 Å². The monoisotopic (exact) mass is 219 g/mol. The molecule has 0 radical (unpaired) electrons. The molecule has 0 saturated carbocycles. The van der Waals surface area contributed by atoms with Crippen LogP contribution in [0.25, 0.3) is 0 Å². The predicted octanol–water partition coefficient (Wildman–Crippen LogP) is 2.05. The second-order valence-electron chi connectivity index (χ2n) is 3.64. The minimum absolute atomic E-state index is 0.0712. The third-order valence-electron chi connectivity index (χ3n) is 2.55. The fourth-order valence-corrected chi connectivity index (χ4v) is 1.71. The molecule has 2 aromatic rings. The summed E-state index contributed by atoms with van der Waals surface area (Å²) in [6.45, 7) is 0. The molecular weight excluding hydrogens is 205 g/mol. The van der Waals surface area contributed by atoms with Crippen molar-refractivity contribution in [3.63, 3.8) is 0 Å². The molecular formula is C12H14FN3. The van der Waals surface area contributed by atoms with Crippen LogP contribution in [0.3, 0.4) is 0 Å². The van der Waals surface area contributed by atoms with Crippen LogP contribution >= 0.6 is 0 Å². The number of likely N-dealkylation sites (N-methyl/N-ethyl adjacent to an activating group) is 1. The van der Waals surface area contributed by atoms with E-state index in [9.17, 15) is 4.39 Å². The highest BCUT2D eigenvalue weighted by molar-refractivity contribution is 5.21. The normalized spacial score (nSPS) is 12.6. The van der Waals surface area contributed by atoms with Crippen LogP contribution < -0.4 is 5.32 Å². The SMILES string of the molecule is CNC(Cc1ncc[nH]1)c1cccc(F)c1. The van der Waals surface area contributed by atoms with E-state index in [0.29, 0.717) is 6.42 Å². The van der Waals surface area contributed by atoms with Crippen molar-refractivity contribution in [2.24, 2.45) is 0 Å². The fourth-order valence-electron chi connectivity index (χ4n) is 1.71. The molecule has 4 heteroatoms. The molecule has 84 valence electrons. The number of aromatic nitrogens is 2. The number of aromatic amines is 1. The highest BCUT2D eigenvalue weighted by Crippen LogP contribution is 2.17. The molecule has 0 amide bonds. The average Bonchev–Trinajstić information content (AvgIpc) is 2.78. The summed E-state index contributed by atoms with van der Waals surface area (Å²) in [7, 11) is 1.86. The lowest BCUT2D eigenvalue weighted by molar-refractivity contribution is 0.566. The average molecular weight is 219 g/mol. The molecule has 1 aromatic carbocycles. The van der Waals surface area contributed by atoms with E-state index in [2.05, 4.69) is 15.3 Å². The van der Waals surface area contributed by atoms with Crippen LogP contribution in [0.2, 0.25) is 0 Å². The molecule has 3 nitrogen and oxygen atoms in total. The van der Waals surface area contributed by atoms with Crippen LogP contribution in [-0.4, -0.2) is 17.0 Å². The zero-order chi connectivity index (χ0) is 11.4. The second kappa shape index (κ2) is 4.90. The van der Waals surface area contributed by atoms with Gasteiger partial charge in [-0.15, -0.1) is 0 Å². The zero-order valence-corrected chi connectivity index (χ0v) is 9.07. The van der Waals surface area contributed by atoms with E-state index in [1.54, 1.807) is 24.5 Å². The van der Waals surface area contributed by atoms with Gasteiger partial charge in [-0.2, -0.15) is 0 Å². The van der Waals surface area contributed by atoms with Gasteiger partial charge in [0.2, 0.25) is 0 Å². The molecule has 0 aliphatic heterocycles. The first-order valence-corrected chi connectivity index (χ1v) is 5.20. The first-order valence-electron chi connectivity index (χ1n) is 5.20. The Labute approximate surface area is 93.7 Å². The summed E-state index contributed by atoms with van der Waals surface area (Å²) in [4.78, 5) is 7.20. The van der Waals surface area contributed by atoms with Gasteiger partial charge in [-0.05, 0) is 24.7 Å². The lowest BCUT2D eigenvalue weighted by atomic mass is 10.0. The van der Waals surface area contributed by atoms with Crippen LogP contribution in [-0.2, 0) is 6.42 Å². The second-order valence-corrected chi connectivity index (χ2v) is 3.64. The lowest BCUT2D eigenvalue weighted by Gasteiger charge is -2.15. The molecule has 0 saturated heterocycles. The quantitative estimate of drug-likeness (QED) is 0.826. The molecule has 16 heavy (non-hydrogen) atoms. The summed E-state index contributed by atoms with van der Waals surface area (Å²) < 4.78 is 13.1. The van der Waals surface area contributed by atoms with Crippen LogP contribution in [0.4, 0.5) is 4.39 Å². The number of nitrogens with one attached hydrogen (secondary N) is 2. The maximum absolute atomic E-state index is 13.1. The third-order valence-corrected chi connectivity index (χ3v) is 2.55. The van der Waals surface area contributed by atoms with Gasteiger partial charge in [0.15, 0.2) is 0 Å². The van der Waals surface area contributed by atoms with Crippen molar-refractivity contribution < 1.29 is 4.39 Å². The maximum Gasteiger partial charge on any atom is 0.123 e. The van der Waals surface area contributed by atoms with Crippen LogP contribution in [0, 0.1) is 5.82 Å². The molecule has 0 spiro atoms. The Morgan fingerprint density at radius 1 is 1.50 bits per heavy atom. The predicted molar refractivity (Wildman–Crippen MR) is 60.5 cm³/mol. The molecule has 0 bridgehead atoms. The Kier molecular flexibility index (Phi) is 3.31. The largest absolute Gasteiger partial charge is 0.349 e. The number of H-pyrrole nitrogens is 1. The van der Waals surface area contributed by atoms with Gasteiger partial charge in [0, 0.05) is 24.9 Å². The van der Waals surface area contributed by atoms with Crippen LogP contribution in [0.5, 0.6) is 0 Å². The third kappa shape index (κ3) is 2.46. The van der Waals surface area contributed by atoms with Gasteiger partial charge in [0.1, 0.15) is 11.6 Å². The summed E-state index contributed by atoms with van der Waals surface area (Å²) in [6, 6.07) is 6.69. The lowest BCUT2D eigenvalue weighted by Crippen LogP contribution is -2.19. The number of halogens is 1. The van der Waals surface area contributed by atoms with Gasteiger partial charge in [0.25, 0.3) is 0 Å². The van der Waals surface area contributed by atoms with E-state index in [1.165, 1.54) is 6.07 Å². The van der Waals surface area contributed by atoms with Crippen molar-refractivity contribution in [1.82, 2.24) is 15.3 Å². The Bertz CT molecular complexity index is 439. The molecule has 0 aliphatic rings. The summed E-state index contributed by atoms with van der Waals surface area (Å²) in [5.41, 5.74) is 0.930. The van der Waals surface area contributed by atoms with Gasteiger partial charge < -0.3 is 10.3 Å². The van der Waals surface area contributed by atoms with Gasteiger partial charge in [0.05, 0.1) is 0 Å². The standard InChI is InChI=1S/C12H14FN3/c1-14-11(8-12-15-5-6-16-12)9-3-2-4-10(13)7-9/h2-7,11,14H,8H2,1H3,(H,15,16). The molecule has 1 atom stereocenters. The van der Waals surface area contributed by atoms with Crippen molar-refractivity contribution in [2.75, 3.05) is 7.05 Å². The number of imidazole rings is 1. The Morgan fingerprint density at radius 3 is 3.00 bits per heavy atom. The highest BCUT2D eigenvalue weighted by atomic mass is 19.1. The molecule has 1 heterocycles. The molecule has 0 fully saturated rings. The van der Waals surface area contributed by atoms with Crippen LogP contribution in [0.1, 0.15) is 17.4 Å². The number of benzene rings is 1. The molecule has 2 N–H and O–H groups in total. The molecule has 1 aromatic heterocycles. The number of hydrogen-bond donors (Lipinski definition) is 2. The molecule has 1 unspecified atom stereocenters. The fraction of sp³-hybridized carbons (Fsp3) is 0.250. The first kappa shape index (κ1) is 10.8. The maximum atomic E-state index is 13.1. The van der Waals surface area contributed by atoms with Gasteiger partial charge >= 0.3 is 0 Å². The van der Waals surface area contributed by atoms with Crippen molar-refractivity contribution in [3.05, 3.63) is 53.9 Å². The van der Waals surface area contributed by atoms with Crippen molar-refractivity contribution in [3.8, 4) is 0 Å². The van der Waals surface area contributed by atoms with E-state index in [-0.39, 0.29) is 11.9 Å². The number of nitrogens with zero attached hydrogens (tertiary/aromatic N) is 1. The van der Waals surface area contributed by atoms with Crippen molar-refractivity contribution in [2.45, 2.75) is 12.5 Å². The first-order chi connectivity index (χ1) is 7.79. The smallest absolute Gasteiger partial charge is 0.123 e.